The molecular formula is C23H21N3. The van der Waals surface area contributed by atoms with E-state index >= 15 is 0 Å². The van der Waals surface area contributed by atoms with Gasteiger partial charge in [-0.3, -0.25) is 0 Å². The minimum Gasteiger partial charge on any atom is -0.212 e. The number of hydrogen-bond donors (Lipinski definition) is 0. The van der Waals surface area contributed by atoms with Crippen molar-refractivity contribution in [3.8, 4) is 22.8 Å². The summed E-state index contributed by atoms with van der Waals surface area (Å²) in [6.45, 7) is 5.87. The minimum absolute atomic E-state index is 0.0269. The van der Waals surface area contributed by atoms with Gasteiger partial charge in [-0.25, -0.2) is 15.0 Å². The van der Waals surface area contributed by atoms with Crippen molar-refractivity contribution in [2.75, 3.05) is 0 Å². The monoisotopic (exact) mass is 344 g/mol. The Balaban J connectivity index is 2.01. The number of hydrogen-bond acceptors (Lipinski definition) is 3. The number of benzene rings is 3. The van der Waals surface area contributed by atoms with Crippen molar-refractivity contribution < 1.29 is 6.85 Å². The van der Waals surface area contributed by atoms with Gasteiger partial charge in [0.05, 0.1) is 6.85 Å². The molecule has 1 aromatic heterocycles. The van der Waals surface area contributed by atoms with Crippen molar-refractivity contribution >= 4 is 10.8 Å². The van der Waals surface area contributed by atoms with Gasteiger partial charge in [-0.1, -0.05) is 87.4 Å². The number of fused-ring (bicyclic) bond motifs is 1. The minimum atomic E-state index is -0.446. The summed E-state index contributed by atoms with van der Waals surface area (Å²) in [5.74, 6) is 0.944. The van der Waals surface area contributed by atoms with Crippen molar-refractivity contribution in [3.05, 3.63) is 78.5 Å². The van der Waals surface area contributed by atoms with Crippen molar-refractivity contribution in [1.29, 1.82) is 0 Å². The van der Waals surface area contributed by atoms with Crippen LogP contribution in [0.25, 0.3) is 33.5 Å². The Morgan fingerprint density at radius 2 is 1.38 bits per heavy atom. The zero-order chi connectivity index (χ0) is 22.5. The van der Waals surface area contributed by atoms with Crippen LogP contribution in [0.2, 0.25) is 0 Å². The van der Waals surface area contributed by atoms with Gasteiger partial charge in [0.15, 0.2) is 11.6 Å². The summed E-state index contributed by atoms with van der Waals surface area (Å²) in [5.41, 5.74) is 0.303. The summed E-state index contributed by atoms with van der Waals surface area (Å²) < 4.78 is 40.4. The molecule has 3 aromatic carbocycles. The quantitative estimate of drug-likeness (QED) is 0.471. The first-order valence-electron chi connectivity index (χ1n) is 10.9. The van der Waals surface area contributed by atoms with Crippen LogP contribution in [0.4, 0.5) is 0 Å². The molecule has 0 aliphatic rings. The topological polar surface area (TPSA) is 38.7 Å². The van der Waals surface area contributed by atoms with Crippen LogP contribution in [0.15, 0.2) is 72.7 Å². The highest BCUT2D eigenvalue weighted by molar-refractivity contribution is 5.86. The third kappa shape index (κ3) is 3.21. The predicted molar refractivity (Wildman–Crippen MR) is 107 cm³/mol. The molecule has 3 heteroatoms. The van der Waals surface area contributed by atoms with Crippen LogP contribution < -0.4 is 0 Å². The Hall–Kier alpha value is -3.07. The Morgan fingerprint density at radius 3 is 2.08 bits per heavy atom. The van der Waals surface area contributed by atoms with Gasteiger partial charge in [-0.05, 0) is 16.8 Å². The maximum Gasteiger partial charge on any atom is 0.163 e. The Morgan fingerprint density at radius 1 is 0.731 bits per heavy atom. The normalized spacial score (nSPS) is 14.3. The molecule has 0 saturated carbocycles. The molecule has 4 aromatic rings. The van der Waals surface area contributed by atoms with Crippen LogP contribution in [-0.2, 0) is 5.41 Å². The molecule has 0 N–H and O–H groups in total. The second-order valence-electron chi connectivity index (χ2n) is 7.12. The van der Waals surface area contributed by atoms with Crippen LogP contribution in [0.5, 0.6) is 0 Å². The molecule has 0 bridgehead atoms. The number of nitrogens with zero attached hydrogens (tertiary/aromatic N) is 3. The molecule has 26 heavy (non-hydrogen) atoms. The van der Waals surface area contributed by atoms with E-state index in [0.717, 1.165) is 16.3 Å². The standard InChI is InChI=1S/C23H21N3/c1-23(2,3)22-25-20(17-10-5-4-6-11-17)24-21(26-22)19-14-13-16-9-7-8-12-18(16)15-19/h4-15H,1-3H3/i4D,5D,6D,10D,11D. The highest BCUT2D eigenvalue weighted by Gasteiger charge is 2.21. The Kier molecular flexibility index (Phi) is 2.81. The van der Waals surface area contributed by atoms with E-state index in [4.69, 9.17) is 6.85 Å². The van der Waals surface area contributed by atoms with Gasteiger partial charge >= 0.3 is 0 Å². The summed E-state index contributed by atoms with van der Waals surface area (Å²) in [7, 11) is 0. The lowest BCUT2D eigenvalue weighted by Gasteiger charge is -2.18. The lowest BCUT2D eigenvalue weighted by atomic mass is 9.95. The smallest absolute Gasteiger partial charge is 0.163 e. The summed E-state index contributed by atoms with van der Waals surface area (Å²) in [4.78, 5) is 13.7. The molecule has 1 heterocycles. The maximum absolute atomic E-state index is 8.31. The first-order valence-corrected chi connectivity index (χ1v) is 8.41. The van der Waals surface area contributed by atoms with E-state index in [2.05, 4.69) is 15.0 Å². The van der Waals surface area contributed by atoms with E-state index in [1.54, 1.807) is 0 Å². The van der Waals surface area contributed by atoms with E-state index < -0.39 is 23.5 Å². The number of aromatic nitrogens is 3. The fraction of sp³-hybridized carbons (Fsp3) is 0.174. The predicted octanol–water partition coefficient (Wildman–Crippen LogP) is 5.66. The molecule has 0 unspecified atom stereocenters. The Bertz CT molecular complexity index is 1300. The van der Waals surface area contributed by atoms with E-state index in [-0.39, 0.29) is 23.5 Å². The van der Waals surface area contributed by atoms with Gasteiger partial charge in [0.1, 0.15) is 5.82 Å². The third-order valence-electron chi connectivity index (χ3n) is 4.04. The lowest BCUT2D eigenvalue weighted by Crippen LogP contribution is -2.18. The van der Waals surface area contributed by atoms with E-state index in [1.807, 2.05) is 63.2 Å². The van der Waals surface area contributed by atoms with Gasteiger partial charge in [-0.2, -0.15) is 0 Å². The molecule has 3 nitrogen and oxygen atoms in total. The largest absolute Gasteiger partial charge is 0.212 e. The first kappa shape index (κ1) is 11.5. The summed E-state index contributed by atoms with van der Waals surface area (Å²) in [6.07, 6.45) is 0. The van der Waals surface area contributed by atoms with E-state index in [0.29, 0.717) is 11.6 Å². The van der Waals surface area contributed by atoms with E-state index in [1.165, 1.54) is 0 Å². The number of rotatable bonds is 2. The SMILES string of the molecule is [2H]c1c([2H])c([2H])c(-c2nc(-c3ccc4ccccc4c3)nc(C(C)(C)C)n2)c([2H])c1[2H]. The summed E-state index contributed by atoms with van der Waals surface area (Å²) in [5, 5.41) is 2.12. The van der Waals surface area contributed by atoms with Crippen LogP contribution in [0.1, 0.15) is 33.4 Å². The second kappa shape index (κ2) is 6.34. The molecule has 0 aliphatic heterocycles. The molecule has 0 fully saturated rings. The van der Waals surface area contributed by atoms with Crippen molar-refractivity contribution in [1.82, 2.24) is 15.0 Å². The molecule has 0 aliphatic carbocycles. The van der Waals surface area contributed by atoms with Crippen molar-refractivity contribution in [2.45, 2.75) is 26.2 Å². The van der Waals surface area contributed by atoms with Gasteiger partial charge < -0.3 is 0 Å². The first-order chi connectivity index (χ1) is 14.6. The fourth-order valence-electron chi connectivity index (χ4n) is 2.64. The van der Waals surface area contributed by atoms with Crippen molar-refractivity contribution in [3.63, 3.8) is 0 Å². The molecule has 0 saturated heterocycles. The molecule has 4 rings (SSSR count). The highest BCUT2D eigenvalue weighted by atomic mass is 15.0. The Labute approximate surface area is 160 Å². The molecule has 0 radical (unpaired) electrons. The van der Waals surface area contributed by atoms with Gasteiger partial charge in [-0.15, -0.1) is 0 Å². The molecule has 0 atom stereocenters. The zero-order valence-electron chi connectivity index (χ0n) is 19.9. The van der Waals surface area contributed by atoms with Crippen LogP contribution in [-0.4, -0.2) is 15.0 Å². The highest BCUT2D eigenvalue weighted by Crippen LogP contribution is 2.27. The lowest BCUT2D eigenvalue weighted by molar-refractivity contribution is 0.543. The van der Waals surface area contributed by atoms with Gasteiger partial charge in [0, 0.05) is 16.5 Å². The van der Waals surface area contributed by atoms with Crippen LogP contribution in [0, 0.1) is 0 Å². The average molecular weight is 344 g/mol. The third-order valence-corrected chi connectivity index (χ3v) is 4.04. The summed E-state index contributed by atoms with van der Waals surface area (Å²) in [6, 6.07) is 11.9. The van der Waals surface area contributed by atoms with Crippen LogP contribution >= 0.6 is 0 Å². The van der Waals surface area contributed by atoms with Gasteiger partial charge in [0.2, 0.25) is 0 Å². The van der Waals surface area contributed by atoms with Crippen LogP contribution in [0.3, 0.4) is 0 Å². The average Bonchev–Trinajstić information content (AvgIpc) is 2.75. The molecule has 128 valence electrons. The fourth-order valence-corrected chi connectivity index (χ4v) is 2.64. The van der Waals surface area contributed by atoms with Gasteiger partial charge in [0.25, 0.3) is 0 Å². The summed E-state index contributed by atoms with van der Waals surface area (Å²) >= 11 is 0. The second-order valence-corrected chi connectivity index (χ2v) is 7.12. The maximum atomic E-state index is 8.31. The zero-order valence-corrected chi connectivity index (χ0v) is 14.9. The molecule has 0 spiro atoms. The van der Waals surface area contributed by atoms with E-state index in [9.17, 15) is 0 Å². The van der Waals surface area contributed by atoms with Crippen molar-refractivity contribution in [2.24, 2.45) is 0 Å². The molecular weight excluding hydrogens is 318 g/mol. The molecule has 0 amide bonds.